The summed E-state index contributed by atoms with van der Waals surface area (Å²) >= 11 is 5.46. The summed E-state index contributed by atoms with van der Waals surface area (Å²) in [6.45, 7) is 0.176. The van der Waals surface area contributed by atoms with Crippen LogP contribution in [0, 0.1) is 0 Å². The number of ether oxygens (including phenoxy) is 2. The van der Waals surface area contributed by atoms with E-state index >= 15 is 0 Å². The van der Waals surface area contributed by atoms with Gasteiger partial charge in [-0.15, -0.1) is 11.6 Å². The molecule has 30 heavy (non-hydrogen) atoms. The van der Waals surface area contributed by atoms with Gasteiger partial charge >= 0.3 is 5.97 Å². The lowest BCUT2D eigenvalue weighted by atomic mass is 10.1. The van der Waals surface area contributed by atoms with Gasteiger partial charge in [-0.1, -0.05) is 30.3 Å². The SMILES string of the molecule is COc1ccc(C(=O)NC(=Cc2ccccc2)C(=O)NCCC(=O)OCCCl)cc1. The van der Waals surface area contributed by atoms with Crippen LogP contribution in [0.3, 0.4) is 0 Å². The Hall–Kier alpha value is -3.32. The molecular weight excluding hydrogens is 408 g/mol. The number of benzene rings is 2. The van der Waals surface area contributed by atoms with Gasteiger partial charge in [-0.05, 0) is 35.9 Å². The highest BCUT2D eigenvalue weighted by Crippen LogP contribution is 2.12. The Morgan fingerprint density at radius 3 is 2.37 bits per heavy atom. The van der Waals surface area contributed by atoms with Gasteiger partial charge in [0.25, 0.3) is 11.8 Å². The lowest BCUT2D eigenvalue weighted by Crippen LogP contribution is -2.36. The Bertz CT molecular complexity index is 882. The van der Waals surface area contributed by atoms with Gasteiger partial charge in [0.15, 0.2) is 0 Å². The average Bonchev–Trinajstić information content (AvgIpc) is 2.77. The van der Waals surface area contributed by atoms with Crippen LogP contribution in [0.1, 0.15) is 22.3 Å². The van der Waals surface area contributed by atoms with Crippen molar-refractivity contribution in [1.82, 2.24) is 10.6 Å². The van der Waals surface area contributed by atoms with E-state index in [1.807, 2.05) is 18.2 Å². The molecule has 0 unspecified atom stereocenters. The number of carbonyl (C=O) groups is 3. The lowest BCUT2D eigenvalue weighted by Gasteiger charge is -2.11. The van der Waals surface area contributed by atoms with Crippen LogP contribution in [0.15, 0.2) is 60.3 Å². The molecule has 0 saturated heterocycles. The number of halogens is 1. The molecule has 2 amide bonds. The van der Waals surface area contributed by atoms with Crippen molar-refractivity contribution in [2.75, 3.05) is 26.1 Å². The third kappa shape index (κ3) is 7.60. The number of amides is 2. The molecule has 2 N–H and O–H groups in total. The molecule has 0 saturated carbocycles. The molecule has 2 rings (SSSR count). The molecule has 0 aliphatic heterocycles. The molecule has 0 aromatic heterocycles. The van der Waals surface area contributed by atoms with Gasteiger partial charge in [-0.3, -0.25) is 14.4 Å². The van der Waals surface area contributed by atoms with Crippen LogP contribution >= 0.6 is 11.6 Å². The average molecular weight is 431 g/mol. The Morgan fingerprint density at radius 2 is 1.73 bits per heavy atom. The highest BCUT2D eigenvalue weighted by molar-refractivity contribution is 6.18. The fourth-order valence-corrected chi connectivity index (χ4v) is 2.49. The smallest absolute Gasteiger partial charge is 0.307 e. The van der Waals surface area contributed by atoms with Gasteiger partial charge in [0.2, 0.25) is 0 Å². The van der Waals surface area contributed by atoms with Gasteiger partial charge in [0, 0.05) is 12.1 Å². The predicted octanol–water partition coefficient (Wildman–Crippen LogP) is 2.75. The highest BCUT2D eigenvalue weighted by atomic mass is 35.5. The Balaban J connectivity index is 2.08. The van der Waals surface area contributed by atoms with Crippen LogP contribution in [-0.4, -0.2) is 43.9 Å². The van der Waals surface area contributed by atoms with Gasteiger partial charge in [-0.2, -0.15) is 0 Å². The number of esters is 1. The number of hydrogen-bond acceptors (Lipinski definition) is 5. The Morgan fingerprint density at radius 1 is 1.03 bits per heavy atom. The predicted molar refractivity (Wildman–Crippen MR) is 114 cm³/mol. The minimum Gasteiger partial charge on any atom is -0.497 e. The second-order valence-electron chi connectivity index (χ2n) is 6.07. The van der Waals surface area contributed by atoms with E-state index in [4.69, 9.17) is 21.1 Å². The topological polar surface area (TPSA) is 93.7 Å². The second kappa shape index (κ2) is 12.3. The van der Waals surface area contributed by atoms with Crippen LogP contribution in [0.2, 0.25) is 0 Å². The Labute approximate surface area is 180 Å². The van der Waals surface area contributed by atoms with Crippen molar-refractivity contribution >= 4 is 35.5 Å². The third-order valence-corrected chi connectivity index (χ3v) is 4.06. The van der Waals surface area contributed by atoms with E-state index in [0.717, 1.165) is 5.56 Å². The van der Waals surface area contributed by atoms with Crippen molar-refractivity contribution in [2.24, 2.45) is 0 Å². The summed E-state index contributed by atoms with van der Waals surface area (Å²) in [5.41, 5.74) is 1.16. The minimum absolute atomic E-state index is 0.00628. The van der Waals surface area contributed by atoms with E-state index in [0.29, 0.717) is 11.3 Å². The number of hydrogen-bond donors (Lipinski definition) is 2. The van der Waals surface area contributed by atoms with E-state index in [9.17, 15) is 14.4 Å². The van der Waals surface area contributed by atoms with Crippen molar-refractivity contribution in [3.8, 4) is 5.75 Å². The van der Waals surface area contributed by atoms with Crippen LogP contribution in [0.4, 0.5) is 0 Å². The maximum atomic E-state index is 12.6. The van der Waals surface area contributed by atoms with Crippen molar-refractivity contribution in [1.29, 1.82) is 0 Å². The van der Waals surface area contributed by atoms with Crippen LogP contribution < -0.4 is 15.4 Å². The summed E-state index contributed by atoms with van der Waals surface area (Å²) < 4.78 is 9.94. The number of carbonyl (C=O) groups excluding carboxylic acids is 3. The fourth-order valence-electron chi connectivity index (χ4n) is 2.41. The number of nitrogens with one attached hydrogen (secondary N) is 2. The monoisotopic (exact) mass is 430 g/mol. The maximum Gasteiger partial charge on any atom is 0.307 e. The molecule has 0 bridgehead atoms. The quantitative estimate of drug-likeness (QED) is 0.343. The first-order chi connectivity index (χ1) is 14.5. The van der Waals surface area contributed by atoms with E-state index in [1.165, 1.54) is 7.11 Å². The standard InChI is InChI=1S/C22H23ClN2O5/c1-29-18-9-7-17(8-10-18)21(27)25-19(15-16-5-3-2-4-6-16)22(28)24-13-11-20(26)30-14-12-23/h2-10,15H,11-14H2,1H3,(H,24,28)(H,25,27). The molecule has 0 atom stereocenters. The summed E-state index contributed by atoms with van der Waals surface area (Å²) in [4.78, 5) is 36.7. The summed E-state index contributed by atoms with van der Waals surface area (Å²) in [6, 6.07) is 15.6. The zero-order valence-corrected chi connectivity index (χ0v) is 17.3. The van der Waals surface area contributed by atoms with Crippen molar-refractivity contribution in [2.45, 2.75) is 6.42 Å². The van der Waals surface area contributed by atoms with Crippen LogP contribution in [0.5, 0.6) is 5.75 Å². The molecule has 158 valence electrons. The zero-order valence-electron chi connectivity index (χ0n) is 16.5. The third-order valence-electron chi connectivity index (χ3n) is 3.91. The van der Waals surface area contributed by atoms with Gasteiger partial charge in [0.1, 0.15) is 18.1 Å². The lowest BCUT2D eigenvalue weighted by molar-refractivity contribution is -0.142. The summed E-state index contributed by atoms with van der Waals surface area (Å²) in [5, 5.41) is 5.24. The first-order valence-corrected chi connectivity index (χ1v) is 9.79. The van der Waals surface area contributed by atoms with E-state index < -0.39 is 17.8 Å². The van der Waals surface area contributed by atoms with Crippen molar-refractivity contribution < 1.29 is 23.9 Å². The van der Waals surface area contributed by atoms with Crippen molar-refractivity contribution in [3.63, 3.8) is 0 Å². The maximum absolute atomic E-state index is 12.6. The summed E-state index contributed by atoms with van der Waals surface area (Å²) in [7, 11) is 1.53. The fraction of sp³-hybridized carbons (Fsp3) is 0.227. The molecular formula is C22H23ClN2O5. The molecule has 0 aliphatic carbocycles. The first kappa shape index (κ1) is 23.0. The molecule has 0 spiro atoms. The summed E-state index contributed by atoms with van der Waals surface area (Å²) in [6.07, 6.45) is 1.55. The second-order valence-corrected chi connectivity index (χ2v) is 6.44. The normalized spacial score (nSPS) is 10.8. The first-order valence-electron chi connectivity index (χ1n) is 9.25. The molecule has 0 aliphatic rings. The molecule has 8 heteroatoms. The number of rotatable bonds is 10. The minimum atomic E-state index is -0.522. The van der Waals surface area contributed by atoms with Crippen molar-refractivity contribution in [3.05, 3.63) is 71.4 Å². The molecule has 0 radical (unpaired) electrons. The molecule has 7 nitrogen and oxygen atoms in total. The molecule has 0 fully saturated rings. The van der Waals surface area contributed by atoms with E-state index in [-0.39, 0.29) is 31.1 Å². The number of methoxy groups -OCH3 is 1. The summed E-state index contributed by atoms with van der Waals surface area (Å²) in [5.74, 6) is -0.612. The molecule has 2 aromatic carbocycles. The molecule has 0 heterocycles. The molecule has 2 aromatic rings. The van der Waals surface area contributed by atoms with Gasteiger partial charge in [-0.25, -0.2) is 0 Å². The highest BCUT2D eigenvalue weighted by Gasteiger charge is 2.15. The zero-order chi connectivity index (χ0) is 21.8. The van der Waals surface area contributed by atoms with E-state index in [2.05, 4.69) is 10.6 Å². The van der Waals surface area contributed by atoms with Crippen LogP contribution in [-0.2, 0) is 14.3 Å². The number of alkyl halides is 1. The van der Waals surface area contributed by atoms with Gasteiger partial charge < -0.3 is 20.1 Å². The van der Waals surface area contributed by atoms with Crippen LogP contribution in [0.25, 0.3) is 6.08 Å². The van der Waals surface area contributed by atoms with Gasteiger partial charge in [0.05, 0.1) is 19.4 Å². The largest absolute Gasteiger partial charge is 0.497 e. The Kier molecular flexibility index (Phi) is 9.40. The van der Waals surface area contributed by atoms with E-state index in [1.54, 1.807) is 42.5 Å².